The van der Waals surface area contributed by atoms with Crippen LogP contribution in [0.2, 0.25) is 0 Å². The van der Waals surface area contributed by atoms with Gasteiger partial charge in [0.2, 0.25) is 6.79 Å². The van der Waals surface area contributed by atoms with E-state index in [0.717, 1.165) is 36.2 Å². The number of ether oxygens (including phenoxy) is 2. The minimum Gasteiger partial charge on any atom is -0.454 e. The molecule has 2 aromatic rings. The van der Waals surface area contributed by atoms with Crippen molar-refractivity contribution in [2.24, 2.45) is 0 Å². The lowest BCUT2D eigenvalue weighted by atomic mass is 9.99. The molecule has 2 aliphatic heterocycles. The summed E-state index contributed by atoms with van der Waals surface area (Å²) in [6.07, 6.45) is 5.76. The largest absolute Gasteiger partial charge is 0.454 e. The average Bonchev–Trinajstić information content (AvgIpc) is 2.99. The molecular weight excluding hydrogens is 280 g/mol. The van der Waals surface area contributed by atoms with E-state index in [9.17, 15) is 4.79 Å². The summed E-state index contributed by atoms with van der Waals surface area (Å²) in [7, 11) is 0. The molecule has 1 aromatic carbocycles. The molecule has 1 fully saturated rings. The first-order valence-electron chi connectivity index (χ1n) is 7.98. The molecule has 1 unspecified atom stereocenters. The first kappa shape index (κ1) is 13.6. The van der Waals surface area contributed by atoms with Gasteiger partial charge in [0, 0.05) is 11.7 Å². The van der Waals surface area contributed by atoms with E-state index in [4.69, 9.17) is 9.47 Å². The SMILES string of the molecule is O=c1[nH]c(CCC2CCCCN2)cc2cc3c(cc12)OCO3. The highest BCUT2D eigenvalue weighted by atomic mass is 16.7. The lowest BCUT2D eigenvalue weighted by Gasteiger charge is -2.23. The maximum Gasteiger partial charge on any atom is 0.256 e. The Morgan fingerprint density at radius 3 is 2.82 bits per heavy atom. The molecule has 2 aliphatic rings. The Morgan fingerprint density at radius 1 is 1.14 bits per heavy atom. The van der Waals surface area contributed by atoms with Crippen molar-refractivity contribution in [2.45, 2.75) is 38.1 Å². The smallest absolute Gasteiger partial charge is 0.256 e. The summed E-state index contributed by atoms with van der Waals surface area (Å²) < 4.78 is 10.7. The van der Waals surface area contributed by atoms with Crippen molar-refractivity contribution < 1.29 is 9.47 Å². The van der Waals surface area contributed by atoms with Gasteiger partial charge in [-0.2, -0.15) is 0 Å². The van der Waals surface area contributed by atoms with Gasteiger partial charge in [-0.1, -0.05) is 6.42 Å². The van der Waals surface area contributed by atoms with Gasteiger partial charge in [-0.25, -0.2) is 0 Å². The number of piperidine rings is 1. The normalized spacial score (nSPS) is 20.5. The fourth-order valence-corrected chi connectivity index (χ4v) is 3.35. The zero-order valence-corrected chi connectivity index (χ0v) is 12.5. The molecule has 0 radical (unpaired) electrons. The Hall–Kier alpha value is -2.01. The minimum atomic E-state index is -0.0533. The topological polar surface area (TPSA) is 63.4 Å². The van der Waals surface area contributed by atoms with Crippen molar-refractivity contribution >= 4 is 10.8 Å². The Labute approximate surface area is 128 Å². The zero-order valence-electron chi connectivity index (χ0n) is 12.5. The Morgan fingerprint density at radius 2 is 2.00 bits per heavy atom. The first-order chi connectivity index (χ1) is 10.8. The summed E-state index contributed by atoms with van der Waals surface area (Å²) in [5.41, 5.74) is 0.936. The van der Waals surface area contributed by atoms with Crippen LogP contribution in [0.25, 0.3) is 10.8 Å². The number of rotatable bonds is 3. The van der Waals surface area contributed by atoms with Gasteiger partial charge in [0.1, 0.15) is 0 Å². The maximum atomic E-state index is 12.3. The number of nitrogens with one attached hydrogen (secondary N) is 2. The Kier molecular flexibility index (Phi) is 3.50. The number of aryl methyl sites for hydroxylation is 1. The molecule has 5 nitrogen and oxygen atoms in total. The number of aromatic nitrogens is 1. The van der Waals surface area contributed by atoms with E-state index in [0.29, 0.717) is 17.2 Å². The average molecular weight is 300 g/mol. The Balaban J connectivity index is 1.59. The maximum absolute atomic E-state index is 12.3. The van der Waals surface area contributed by atoms with E-state index >= 15 is 0 Å². The third-order valence-electron chi connectivity index (χ3n) is 4.57. The minimum absolute atomic E-state index is 0.0533. The molecule has 116 valence electrons. The molecule has 4 rings (SSSR count). The molecule has 1 atom stereocenters. The number of aromatic amines is 1. The number of benzene rings is 1. The highest BCUT2D eigenvalue weighted by Crippen LogP contribution is 2.35. The van der Waals surface area contributed by atoms with Crippen LogP contribution in [0.3, 0.4) is 0 Å². The standard InChI is InChI=1S/C17H20N2O3/c20-17-14-9-16-15(21-10-22-16)8-11(14)7-13(19-17)5-4-12-3-1-2-6-18-12/h7-9,12,18H,1-6,10H2,(H,19,20). The molecule has 1 saturated heterocycles. The predicted molar refractivity (Wildman–Crippen MR) is 84.7 cm³/mol. The lowest BCUT2D eigenvalue weighted by molar-refractivity contribution is 0.174. The van der Waals surface area contributed by atoms with Gasteiger partial charge < -0.3 is 19.8 Å². The summed E-state index contributed by atoms with van der Waals surface area (Å²) in [6.45, 7) is 1.34. The van der Waals surface area contributed by atoms with Crippen LogP contribution in [0.15, 0.2) is 23.0 Å². The van der Waals surface area contributed by atoms with E-state index in [2.05, 4.69) is 16.4 Å². The number of H-pyrrole nitrogens is 1. The number of hydrogen-bond donors (Lipinski definition) is 2. The van der Waals surface area contributed by atoms with Gasteiger partial charge in [-0.3, -0.25) is 4.79 Å². The predicted octanol–water partition coefficient (Wildman–Crippen LogP) is 2.33. The molecule has 22 heavy (non-hydrogen) atoms. The van der Waals surface area contributed by atoms with Crippen molar-refractivity contribution in [1.29, 1.82) is 0 Å². The quantitative estimate of drug-likeness (QED) is 0.913. The molecule has 1 aromatic heterocycles. The van der Waals surface area contributed by atoms with Crippen LogP contribution in [-0.4, -0.2) is 24.4 Å². The lowest BCUT2D eigenvalue weighted by Crippen LogP contribution is -2.34. The second-order valence-corrected chi connectivity index (χ2v) is 6.10. The Bertz CT molecular complexity index is 747. The van der Waals surface area contributed by atoms with E-state index < -0.39 is 0 Å². The molecule has 0 saturated carbocycles. The van der Waals surface area contributed by atoms with Crippen molar-refractivity contribution in [2.75, 3.05) is 13.3 Å². The van der Waals surface area contributed by atoms with Crippen molar-refractivity contribution in [3.63, 3.8) is 0 Å². The van der Waals surface area contributed by atoms with Crippen LogP contribution < -0.4 is 20.3 Å². The van der Waals surface area contributed by atoms with Crippen LogP contribution >= 0.6 is 0 Å². The molecule has 0 spiro atoms. The van der Waals surface area contributed by atoms with Gasteiger partial charge in [0.25, 0.3) is 5.56 Å². The van der Waals surface area contributed by atoms with E-state index in [-0.39, 0.29) is 12.4 Å². The van der Waals surface area contributed by atoms with Gasteiger partial charge in [-0.15, -0.1) is 0 Å². The molecule has 0 amide bonds. The van der Waals surface area contributed by atoms with Crippen molar-refractivity contribution in [3.05, 3.63) is 34.2 Å². The molecular formula is C17H20N2O3. The highest BCUT2D eigenvalue weighted by Gasteiger charge is 2.17. The van der Waals surface area contributed by atoms with E-state index in [1.807, 2.05) is 6.07 Å². The van der Waals surface area contributed by atoms with E-state index in [1.165, 1.54) is 19.3 Å². The van der Waals surface area contributed by atoms with Gasteiger partial charge in [0.15, 0.2) is 11.5 Å². The van der Waals surface area contributed by atoms with Gasteiger partial charge in [0.05, 0.1) is 5.39 Å². The number of fused-ring (bicyclic) bond motifs is 2. The van der Waals surface area contributed by atoms with Crippen molar-refractivity contribution in [1.82, 2.24) is 10.3 Å². The molecule has 0 bridgehead atoms. The van der Waals surface area contributed by atoms with E-state index in [1.54, 1.807) is 6.07 Å². The summed E-state index contributed by atoms with van der Waals surface area (Å²) >= 11 is 0. The third kappa shape index (κ3) is 2.57. The third-order valence-corrected chi connectivity index (χ3v) is 4.57. The van der Waals surface area contributed by atoms with Crippen LogP contribution in [0.4, 0.5) is 0 Å². The summed E-state index contributed by atoms with van der Waals surface area (Å²) in [5, 5.41) is 5.12. The zero-order chi connectivity index (χ0) is 14.9. The monoisotopic (exact) mass is 300 g/mol. The van der Waals surface area contributed by atoms with Crippen LogP contribution in [0.5, 0.6) is 11.5 Å². The summed E-state index contributed by atoms with van der Waals surface area (Å²) in [6, 6.07) is 6.30. The number of pyridine rings is 1. The number of hydrogen-bond acceptors (Lipinski definition) is 4. The van der Waals surface area contributed by atoms with Crippen LogP contribution in [0, 0.1) is 0 Å². The second kappa shape index (κ2) is 5.65. The first-order valence-corrected chi connectivity index (χ1v) is 7.98. The fraction of sp³-hybridized carbons (Fsp3) is 0.471. The fourth-order valence-electron chi connectivity index (χ4n) is 3.35. The summed E-state index contributed by atoms with van der Waals surface area (Å²) in [5.74, 6) is 1.37. The molecule has 3 heterocycles. The van der Waals surface area contributed by atoms with Crippen LogP contribution in [0.1, 0.15) is 31.4 Å². The second-order valence-electron chi connectivity index (χ2n) is 6.10. The van der Waals surface area contributed by atoms with Crippen LogP contribution in [-0.2, 0) is 6.42 Å². The molecule has 5 heteroatoms. The molecule has 2 N–H and O–H groups in total. The van der Waals surface area contributed by atoms with Gasteiger partial charge in [-0.05, 0) is 55.8 Å². The molecule has 0 aliphatic carbocycles. The highest BCUT2D eigenvalue weighted by molar-refractivity contribution is 5.85. The summed E-state index contributed by atoms with van der Waals surface area (Å²) in [4.78, 5) is 15.3. The van der Waals surface area contributed by atoms with Gasteiger partial charge >= 0.3 is 0 Å². The van der Waals surface area contributed by atoms with Crippen molar-refractivity contribution in [3.8, 4) is 11.5 Å².